The maximum absolute atomic E-state index is 13.7. The molecule has 3 aromatic carbocycles. The van der Waals surface area contributed by atoms with Crippen molar-refractivity contribution < 1.29 is 13.2 Å². The van der Waals surface area contributed by atoms with E-state index in [0.29, 0.717) is 21.8 Å². The standard InChI is InChI=1S/C25H27ClN2O3S/c1-17-9-11-21(12-10-17)15-28(16-24(29)27-23-8-6-5-7-22(23)26)32(30,31)25-19(3)13-18(2)14-20(25)4/h5-14H,15-16H2,1-4H3,(H,27,29). The lowest BCUT2D eigenvalue weighted by Crippen LogP contribution is -2.38. The van der Waals surface area contributed by atoms with E-state index >= 15 is 0 Å². The third-order valence-corrected chi connectivity index (χ3v) is 7.58. The highest BCUT2D eigenvalue weighted by Crippen LogP contribution is 2.27. The molecule has 0 bridgehead atoms. The van der Waals surface area contributed by atoms with Gasteiger partial charge in [-0.25, -0.2) is 8.42 Å². The molecule has 0 radical (unpaired) electrons. The van der Waals surface area contributed by atoms with Crippen LogP contribution in [0.3, 0.4) is 0 Å². The number of para-hydroxylation sites is 1. The van der Waals surface area contributed by atoms with Crippen LogP contribution in [0.1, 0.15) is 27.8 Å². The molecular formula is C25H27ClN2O3S. The van der Waals surface area contributed by atoms with Crippen LogP contribution < -0.4 is 5.32 Å². The molecule has 5 nitrogen and oxygen atoms in total. The van der Waals surface area contributed by atoms with Gasteiger partial charge in [0.05, 0.1) is 22.2 Å². The third-order valence-electron chi connectivity index (χ3n) is 5.15. The van der Waals surface area contributed by atoms with Gasteiger partial charge in [0, 0.05) is 6.54 Å². The maximum Gasteiger partial charge on any atom is 0.244 e. The molecule has 0 aliphatic carbocycles. The average molecular weight is 471 g/mol. The van der Waals surface area contributed by atoms with Crippen LogP contribution in [0, 0.1) is 27.7 Å². The number of halogens is 1. The second-order valence-corrected chi connectivity index (χ2v) is 10.3. The summed E-state index contributed by atoms with van der Waals surface area (Å²) in [6.07, 6.45) is 0. The Morgan fingerprint density at radius 1 is 0.906 bits per heavy atom. The number of rotatable bonds is 7. The van der Waals surface area contributed by atoms with Gasteiger partial charge in [-0.3, -0.25) is 4.79 Å². The highest BCUT2D eigenvalue weighted by Gasteiger charge is 2.30. The molecule has 0 spiro atoms. The van der Waals surface area contributed by atoms with Crippen molar-refractivity contribution in [3.8, 4) is 0 Å². The molecule has 3 rings (SSSR count). The lowest BCUT2D eigenvalue weighted by Gasteiger charge is -2.24. The molecule has 0 saturated heterocycles. The molecule has 0 unspecified atom stereocenters. The number of benzene rings is 3. The largest absolute Gasteiger partial charge is 0.324 e. The summed E-state index contributed by atoms with van der Waals surface area (Å²) in [7, 11) is -3.95. The van der Waals surface area contributed by atoms with Crippen molar-refractivity contribution in [1.82, 2.24) is 4.31 Å². The number of hydrogen-bond acceptors (Lipinski definition) is 3. The van der Waals surface area contributed by atoms with Crippen LogP contribution in [0.5, 0.6) is 0 Å². The first kappa shape index (κ1) is 24.0. The summed E-state index contributed by atoms with van der Waals surface area (Å²) in [5.74, 6) is -0.462. The Morgan fingerprint density at radius 3 is 2.09 bits per heavy atom. The van der Waals surface area contributed by atoms with Gasteiger partial charge in [0.1, 0.15) is 0 Å². The fourth-order valence-electron chi connectivity index (χ4n) is 3.74. The van der Waals surface area contributed by atoms with Gasteiger partial charge in [-0.15, -0.1) is 0 Å². The van der Waals surface area contributed by atoms with Gasteiger partial charge in [-0.05, 0) is 56.5 Å². The van der Waals surface area contributed by atoms with Crippen LogP contribution in [0.2, 0.25) is 5.02 Å². The number of sulfonamides is 1. The Balaban J connectivity index is 1.97. The number of anilines is 1. The summed E-state index contributed by atoms with van der Waals surface area (Å²) in [6, 6.07) is 18.1. The fourth-order valence-corrected chi connectivity index (χ4v) is 5.72. The average Bonchev–Trinajstić information content (AvgIpc) is 2.70. The summed E-state index contributed by atoms with van der Waals surface area (Å²) < 4.78 is 28.7. The number of carbonyl (C=O) groups is 1. The highest BCUT2D eigenvalue weighted by molar-refractivity contribution is 7.89. The predicted octanol–water partition coefficient (Wildman–Crippen LogP) is 5.40. The van der Waals surface area contributed by atoms with E-state index in [1.807, 2.05) is 50.2 Å². The van der Waals surface area contributed by atoms with Crippen LogP contribution in [0.15, 0.2) is 65.6 Å². The minimum atomic E-state index is -3.95. The first-order valence-electron chi connectivity index (χ1n) is 10.3. The van der Waals surface area contributed by atoms with E-state index in [0.717, 1.165) is 16.7 Å². The van der Waals surface area contributed by atoms with E-state index in [4.69, 9.17) is 11.6 Å². The van der Waals surface area contributed by atoms with E-state index in [2.05, 4.69) is 5.32 Å². The third kappa shape index (κ3) is 5.57. The predicted molar refractivity (Wildman–Crippen MR) is 130 cm³/mol. The molecule has 0 atom stereocenters. The van der Waals surface area contributed by atoms with Crippen molar-refractivity contribution in [2.24, 2.45) is 0 Å². The molecule has 0 fully saturated rings. The maximum atomic E-state index is 13.7. The Hall–Kier alpha value is -2.67. The summed E-state index contributed by atoms with van der Waals surface area (Å²) >= 11 is 6.15. The minimum absolute atomic E-state index is 0.0747. The van der Waals surface area contributed by atoms with Gasteiger partial charge < -0.3 is 5.32 Å². The van der Waals surface area contributed by atoms with E-state index in [9.17, 15) is 13.2 Å². The second-order valence-electron chi connectivity index (χ2n) is 8.01. The summed E-state index contributed by atoms with van der Waals surface area (Å²) in [4.78, 5) is 13.1. The topological polar surface area (TPSA) is 66.5 Å². The first-order valence-corrected chi connectivity index (χ1v) is 12.1. The van der Waals surface area contributed by atoms with Crippen molar-refractivity contribution in [1.29, 1.82) is 0 Å². The van der Waals surface area contributed by atoms with E-state index in [1.54, 1.807) is 38.1 Å². The van der Waals surface area contributed by atoms with Gasteiger partial charge >= 0.3 is 0 Å². The first-order chi connectivity index (χ1) is 15.1. The number of nitrogens with one attached hydrogen (secondary N) is 1. The monoisotopic (exact) mass is 470 g/mol. The Labute approximate surface area is 195 Å². The molecule has 0 heterocycles. The molecule has 32 heavy (non-hydrogen) atoms. The molecule has 1 amide bonds. The molecule has 3 aromatic rings. The van der Waals surface area contributed by atoms with Crippen LogP contribution >= 0.6 is 11.6 Å². The van der Waals surface area contributed by atoms with Crippen LogP contribution in [-0.2, 0) is 21.4 Å². The van der Waals surface area contributed by atoms with Crippen LogP contribution in [0.25, 0.3) is 0 Å². The number of carbonyl (C=O) groups excluding carboxylic acids is 1. The lowest BCUT2D eigenvalue weighted by atomic mass is 10.1. The van der Waals surface area contributed by atoms with E-state index < -0.39 is 15.9 Å². The van der Waals surface area contributed by atoms with Crippen molar-refractivity contribution in [2.45, 2.75) is 39.1 Å². The van der Waals surface area contributed by atoms with Gasteiger partial charge in [0.15, 0.2) is 0 Å². The van der Waals surface area contributed by atoms with Crippen molar-refractivity contribution in [3.63, 3.8) is 0 Å². The fraction of sp³-hybridized carbons (Fsp3) is 0.240. The molecular weight excluding hydrogens is 444 g/mol. The Bertz CT molecular complexity index is 1220. The smallest absolute Gasteiger partial charge is 0.244 e. The molecule has 1 N–H and O–H groups in total. The molecule has 0 aliphatic rings. The second kappa shape index (κ2) is 9.86. The number of amides is 1. The number of hydrogen-bond donors (Lipinski definition) is 1. The van der Waals surface area contributed by atoms with Gasteiger partial charge in [-0.2, -0.15) is 4.31 Å². The van der Waals surface area contributed by atoms with E-state index in [1.165, 1.54) is 4.31 Å². The molecule has 7 heteroatoms. The lowest BCUT2D eigenvalue weighted by molar-refractivity contribution is -0.116. The number of aryl methyl sites for hydroxylation is 4. The van der Waals surface area contributed by atoms with E-state index in [-0.39, 0.29) is 18.0 Å². The summed E-state index contributed by atoms with van der Waals surface area (Å²) in [5, 5.41) is 3.11. The Kier molecular flexibility index (Phi) is 7.39. The molecule has 0 saturated carbocycles. The summed E-state index contributed by atoms with van der Waals surface area (Å²) in [6.45, 7) is 7.19. The highest BCUT2D eigenvalue weighted by atomic mass is 35.5. The number of nitrogens with zero attached hydrogens (tertiary/aromatic N) is 1. The van der Waals surface area contributed by atoms with Crippen molar-refractivity contribution in [2.75, 3.05) is 11.9 Å². The zero-order valence-electron chi connectivity index (χ0n) is 18.6. The van der Waals surface area contributed by atoms with Crippen LogP contribution in [-0.4, -0.2) is 25.2 Å². The zero-order valence-corrected chi connectivity index (χ0v) is 20.2. The van der Waals surface area contributed by atoms with Crippen molar-refractivity contribution >= 4 is 33.2 Å². The minimum Gasteiger partial charge on any atom is -0.324 e. The molecule has 168 valence electrons. The normalized spacial score (nSPS) is 11.6. The SMILES string of the molecule is Cc1ccc(CN(CC(=O)Nc2ccccc2Cl)S(=O)(=O)c2c(C)cc(C)cc2C)cc1. The Morgan fingerprint density at radius 2 is 1.50 bits per heavy atom. The zero-order chi connectivity index (χ0) is 23.5. The van der Waals surface area contributed by atoms with Crippen molar-refractivity contribution in [3.05, 3.63) is 93.5 Å². The van der Waals surface area contributed by atoms with Gasteiger partial charge in [0.25, 0.3) is 0 Å². The van der Waals surface area contributed by atoms with Gasteiger partial charge in [0.2, 0.25) is 15.9 Å². The molecule has 0 aliphatic heterocycles. The summed E-state index contributed by atoms with van der Waals surface area (Å²) in [5.41, 5.74) is 4.61. The van der Waals surface area contributed by atoms with Crippen LogP contribution in [0.4, 0.5) is 5.69 Å². The van der Waals surface area contributed by atoms with Gasteiger partial charge in [-0.1, -0.05) is 71.3 Å². The molecule has 0 aromatic heterocycles. The quantitative estimate of drug-likeness (QED) is 0.502.